The maximum atomic E-state index is 13.2. The molecule has 0 saturated carbocycles. The molecule has 0 radical (unpaired) electrons. The lowest BCUT2D eigenvalue weighted by Crippen LogP contribution is -2.48. The molecule has 132 valence electrons. The fourth-order valence-electron chi connectivity index (χ4n) is 3.14. The second kappa shape index (κ2) is 7.81. The third-order valence-corrected chi connectivity index (χ3v) is 6.15. The third-order valence-electron chi connectivity index (χ3n) is 4.57. The third kappa shape index (κ3) is 3.57. The zero-order chi connectivity index (χ0) is 17.9. The lowest BCUT2D eigenvalue weighted by Gasteiger charge is -2.36. The van der Waals surface area contributed by atoms with Crippen molar-refractivity contribution in [1.82, 2.24) is 3.89 Å². The zero-order valence-corrected chi connectivity index (χ0v) is 16.1. The monoisotopic (exact) mass is 376 g/mol. The summed E-state index contributed by atoms with van der Waals surface area (Å²) in [6, 6.07) is 16.0. The van der Waals surface area contributed by atoms with Gasteiger partial charge in [0.05, 0.1) is 24.5 Å². The number of hydrogen-bond donors (Lipinski definition) is 0. The quantitative estimate of drug-likeness (QED) is 0.293. The predicted molar refractivity (Wildman–Crippen MR) is 105 cm³/mol. The standard InChI is InChI=1S/C20H23ClNO2S/c1-15-16-9-3-6-12-19(16)25-22(2,20(15)23)17-10-4-5-11-18(17)24-14-8-7-13-21/h3-6,9-12,15H,7-8,13-14H2,1-2H3/q+1. The van der Waals surface area contributed by atoms with Crippen molar-refractivity contribution in [3.63, 3.8) is 0 Å². The van der Waals surface area contributed by atoms with Crippen LogP contribution in [-0.2, 0) is 4.79 Å². The number of halogens is 1. The highest BCUT2D eigenvalue weighted by atomic mass is 35.5. The molecule has 3 nitrogen and oxygen atoms in total. The van der Waals surface area contributed by atoms with E-state index >= 15 is 0 Å². The van der Waals surface area contributed by atoms with E-state index in [9.17, 15) is 4.79 Å². The van der Waals surface area contributed by atoms with Gasteiger partial charge in [0, 0.05) is 11.9 Å². The lowest BCUT2D eigenvalue weighted by molar-refractivity contribution is -0.126. The Morgan fingerprint density at radius 3 is 2.64 bits per heavy atom. The normalized spacial score (nSPS) is 22.5. The summed E-state index contributed by atoms with van der Waals surface area (Å²) in [6.07, 6.45) is 1.83. The molecule has 0 N–H and O–H groups in total. The number of alkyl halides is 1. The van der Waals surface area contributed by atoms with E-state index in [0.717, 1.165) is 34.7 Å². The van der Waals surface area contributed by atoms with Crippen molar-refractivity contribution in [2.45, 2.75) is 30.6 Å². The Labute approximate surface area is 158 Å². The first-order chi connectivity index (χ1) is 12.1. The molecule has 2 atom stereocenters. The summed E-state index contributed by atoms with van der Waals surface area (Å²) in [6.45, 7) is 2.59. The number of amides is 1. The van der Waals surface area contributed by atoms with Crippen LogP contribution in [0.4, 0.5) is 5.69 Å². The van der Waals surface area contributed by atoms with Crippen LogP contribution in [0.15, 0.2) is 53.4 Å². The van der Waals surface area contributed by atoms with E-state index in [4.69, 9.17) is 16.3 Å². The minimum atomic E-state index is -0.147. The van der Waals surface area contributed by atoms with E-state index < -0.39 is 0 Å². The fourth-order valence-corrected chi connectivity index (χ4v) is 4.71. The van der Waals surface area contributed by atoms with Gasteiger partial charge in [-0.05, 0) is 37.5 Å². The van der Waals surface area contributed by atoms with Gasteiger partial charge in [0.25, 0.3) is 0 Å². The van der Waals surface area contributed by atoms with E-state index in [1.165, 1.54) is 0 Å². The van der Waals surface area contributed by atoms with Crippen LogP contribution in [0.2, 0.25) is 0 Å². The number of likely N-dealkylation sites (N-methyl/N-ethyl adjacent to an activating group) is 1. The summed E-state index contributed by atoms with van der Waals surface area (Å²) < 4.78 is 6.15. The number of hydrogen-bond acceptors (Lipinski definition) is 3. The van der Waals surface area contributed by atoms with Gasteiger partial charge in [0.2, 0.25) is 0 Å². The minimum Gasteiger partial charge on any atom is -0.487 e. The molecule has 0 aliphatic carbocycles. The number of unbranched alkanes of at least 4 members (excludes halogenated alkanes) is 1. The number of nitrogens with zero attached hydrogens (tertiary/aromatic N) is 1. The summed E-state index contributed by atoms with van der Waals surface area (Å²) >= 11 is 7.30. The van der Waals surface area contributed by atoms with E-state index in [1.54, 1.807) is 11.9 Å². The molecule has 0 saturated heterocycles. The Kier molecular flexibility index (Phi) is 5.72. The highest BCUT2D eigenvalue weighted by molar-refractivity contribution is 7.99. The summed E-state index contributed by atoms with van der Waals surface area (Å²) in [5.41, 5.74) is 2.00. The molecule has 2 aromatic carbocycles. The van der Waals surface area contributed by atoms with Crippen molar-refractivity contribution in [2.75, 3.05) is 19.5 Å². The number of fused-ring (bicyclic) bond motifs is 1. The van der Waals surface area contributed by atoms with Crippen LogP contribution in [0.1, 0.15) is 31.2 Å². The smallest absolute Gasteiger partial charge is 0.337 e. The van der Waals surface area contributed by atoms with Crippen LogP contribution in [0.5, 0.6) is 5.75 Å². The summed E-state index contributed by atoms with van der Waals surface area (Å²) in [7, 11) is 1.96. The average molecular weight is 377 g/mol. The first-order valence-corrected chi connectivity index (χ1v) is 9.86. The number of rotatable bonds is 6. The molecule has 0 fully saturated rings. The molecule has 3 rings (SSSR count). The fraction of sp³-hybridized carbons (Fsp3) is 0.350. The lowest BCUT2D eigenvalue weighted by atomic mass is 9.99. The van der Waals surface area contributed by atoms with Crippen molar-refractivity contribution in [3.8, 4) is 5.75 Å². The van der Waals surface area contributed by atoms with Gasteiger partial charge in [0.1, 0.15) is 11.9 Å². The Hall–Kier alpha value is -1.49. The Bertz CT molecular complexity index is 767. The van der Waals surface area contributed by atoms with Crippen LogP contribution >= 0.6 is 23.5 Å². The topological polar surface area (TPSA) is 26.3 Å². The first kappa shape index (κ1) is 18.3. The molecule has 0 bridgehead atoms. The van der Waals surface area contributed by atoms with Crippen molar-refractivity contribution in [3.05, 3.63) is 54.1 Å². The molecule has 25 heavy (non-hydrogen) atoms. The summed E-state index contributed by atoms with van der Waals surface area (Å²) in [5, 5.41) is 0. The predicted octanol–water partition coefficient (Wildman–Crippen LogP) is 5.37. The molecule has 0 spiro atoms. The molecule has 1 aliphatic rings. The number of para-hydroxylation sites is 2. The number of quaternary nitrogens is 1. The van der Waals surface area contributed by atoms with E-state index in [2.05, 4.69) is 6.07 Å². The molecular weight excluding hydrogens is 354 g/mol. The first-order valence-electron chi connectivity index (χ1n) is 8.55. The van der Waals surface area contributed by atoms with E-state index in [1.807, 2.05) is 56.4 Å². The van der Waals surface area contributed by atoms with Crippen molar-refractivity contribution in [1.29, 1.82) is 0 Å². The van der Waals surface area contributed by atoms with Gasteiger partial charge in [-0.2, -0.15) is 3.89 Å². The maximum Gasteiger partial charge on any atom is 0.337 e. The largest absolute Gasteiger partial charge is 0.487 e. The van der Waals surface area contributed by atoms with Crippen LogP contribution in [-0.4, -0.2) is 25.4 Å². The molecule has 0 aromatic heterocycles. The minimum absolute atomic E-state index is 0.147. The Morgan fingerprint density at radius 1 is 1.12 bits per heavy atom. The molecule has 2 unspecified atom stereocenters. The average Bonchev–Trinajstić information content (AvgIpc) is 2.64. The van der Waals surface area contributed by atoms with Crippen LogP contribution in [0.25, 0.3) is 0 Å². The zero-order valence-electron chi connectivity index (χ0n) is 14.6. The van der Waals surface area contributed by atoms with Gasteiger partial charge < -0.3 is 4.74 Å². The number of carbonyl (C=O) groups excluding carboxylic acids is 1. The second-order valence-corrected chi connectivity index (χ2v) is 8.06. The highest BCUT2D eigenvalue weighted by Crippen LogP contribution is 2.48. The molecule has 2 aromatic rings. The number of carbonyl (C=O) groups is 1. The van der Waals surface area contributed by atoms with Crippen molar-refractivity contribution in [2.24, 2.45) is 0 Å². The van der Waals surface area contributed by atoms with Crippen molar-refractivity contribution < 1.29 is 9.53 Å². The summed E-state index contributed by atoms with van der Waals surface area (Å²) in [5.74, 6) is 1.43. The van der Waals surface area contributed by atoms with Gasteiger partial charge in [0.15, 0.2) is 11.4 Å². The molecule has 5 heteroatoms. The van der Waals surface area contributed by atoms with Gasteiger partial charge in [-0.25, -0.2) is 4.79 Å². The molecule has 1 amide bonds. The van der Waals surface area contributed by atoms with Crippen molar-refractivity contribution >= 4 is 35.1 Å². The van der Waals surface area contributed by atoms with Gasteiger partial charge in [-0.1, -0.05) is 30.3 Å². The van der Waals surface area contributed by atoms with Crippen LogP contribution < -0.4 is 8.63 Å². The maximum absolute atomic E-state index is 13.2. The van der Waals surface area contributed by atoms with Gasteiger partial charge in [-0.15, -0.1) is 11.6 Å². The Balaban J connectivity index is 1.94. The van der Waals surface area contributed by atoms with Crippen LogP contribution in [0, 0.1) is 0 Å². The van der Waals surface area contributed by atoms with Gasteiger partial charge in [-0.3, -0.25) is 0 Å². The Morgan fingerprint density at radius 2 is 1.84 bits per heavy atom. The molecule has 1 aliphatic heterocycles. The van der Waals surface area contributed by atoms with E-state index in [0.29, 0.717) is 12.5 Å². The SMILES string of the molecule is CC1C(=O)[N+](C)(c2ccccc2OCCCCCl)Sc2ccccc21. The van der Waals surface area contributed by atoms with E-state index in [-0.39, 0.29) is 15.7 Å². The highest BCUT2D eigenvalue weighted by Gasteiger charge is 2.47. The number of ether oxygens (including phenoxy) is 1. The number of benzene rings is 2. The summed E-state index contributed by atoms with van der Waals surface area (Å²) in [4.78, 5) is 14.4. The van der Waals surface area contributed by atoms with Crippen LogP contribution in [0.3, 0.4) is 0 Å². The molecule has 1 heterocycles. The molecular formula is C20H23ClNO2S+. The van der Waals surface area contributed by atoms with Gasteiger partial charge >= 0.3 is 5.91 Å². The second-order valence-electron chi connectivity index (χ2n) is 6.33.